The summed E-state index contributed by atoms with van der Waals surface area (Å²) >= 11 is 0. The van der Waals surface area contributed by atoms with Gasteiger partial charge in [-0.25, -0.2) is 9.69 Å². The second-order valence-corrected chi connectivity index (χ2v) is 13.4. The van der Waals surface area contributed by atoms with Crippen LogP contribution in [0.15, 0.2) is 133 Å². The number of Topliss-reactive ketones (excluding diaryl/α,β-unsaturated/α-hetero) is 1. The Bertz CT molecular complexity index is 1920. The number of likely N-dealkylation sites (tertiary alicyclic amines) is 1. The number of nitrogens with zero attached hydrogens (tertiary/aromatic N) is 2. The van der Waals surface area contributed by atoms with Gasteiger partial charge in [0.2, 0.25) is 0 Å². The van der Waals surface area contributed by atoms with Gasteiger partial charge in [-0.2, -0.15) is 0 Å². The molecule has 10 nitrogen and oxygen atoms in total. The van der Waals surface area contributed by atoms with E-state index < -0.39 is 6.09 Å². The number of carbonyl (C=O) groups excluding carboxylic acids is 3. The van der Waals surface area contributed by atoms with E-state index in [1.165, 1.54) is 0 Å². The van der Waals surface area contributed by atoms with Gasteiger partial charge in [-0.05, 0) is 48.2 Å². The molecule has 0 aromatic heterocycles. The van der Waals surface area contributed by atoms with Crippen LogP contribution in [0.4, 0.5) is 16.2 Å². The molecule has 5 aromatic rings. The highest BCUT2D eigenvalue weighted by molar-refractivity contribution is 6.04. The van der Waals surface area contributed by atoms with Crippen LogP contribution in [0, 0.1) is 0 Å². The molecule has 55 heavy (non-hydrogen) atoms. The van der Waals surface area contributed by atoms with E-state index in [-0.39, 0.29) is 30.9 Å². The molecule has 0 aliphatic carbocycles. The van der Waals surface area contributed by atoms with E-state index in [1.807, 2.05) is 109 Å². The third kappa shape index (κ3) is 10.7. The lowest BCUT2D eigenvalue weighted by atomic mass is 10.00. The van der Waals surface area contributed by atoms with E-state index in [1.54, 1.807) is 29.2 Å². The van der Waals surface area contributed by atoms with Gasteiger partial charge in [0, 0.05) is 68.1 Å². The number of carbonyl (C=O) groups is 3. The molecule has 1 aliphatic heterocycles. The third-order valence-corrected chi connectivity index (χ3v) is 9.66. The van der Waals surface area contributed by atoms with E-state index in [2.05, 4.69) is 20.9 Å². The van der Waals surface area contributed by atoms with Crippen molar-refractivity contribution in [3.63, 3.8) is 0 Å². The molecular formula is C45H49N5O5. The minimum absolute atomic E-state index is 0.0411. The van der Waals surface area contributed by atoms with E-state index in [4.69, 9.17) is 9.84 Å². The molecule has 1 aliphatic rings. The van der Waals surface area contributed by atoms with Crippen LogP contribution in [0.1, 0.15) is 33.6 Å². The van der Waals surface area contributed by atoms with Crippen LogP contribution < -0.4 is 20.9 Å². The smallest absolute Gasteiger partial charge is 0.419 e. The van der Waals surface area contributed by atoms with Gasteiger partial charge in [-0.1, -0.05) is 109 Å². The summed E-state index contributed by atoms with van der Waals surface area (Å²) in [5, 5.41) is 17.9. The first-order chi connectivity index (χ1) is 27.0. The van der Waals surface area contributed by atoms with Crippen molar-refractivity contribution in [2.75, 3.05) is 63.9 Å². The van der Waals surface area contributed by atoms with Gasteiger partial charge in [-0.15, -0.1) is 0 Å². The Kier molecular flexibility index (Phi) is 14.3. The van der Waals surface area contributed by atoms with Gasteiger partial charge in [0.05, 0.1) is 24.5 Å². The Labute approximate surface area is 323 Å². The van der Waals surface area contributed by atoms with Crippen molar-refractivity contribution in [1.82, 2.24) is 20.9 Å². The van der Waals surface area contributed by atoms with Crippen LogP contribution >= 0.6 is 0 Å². The second kappa shape index (κ2) is 20.1. The number of hydrogen-bond acceptors (Lipinski definition) is 8. The summed E-state index contributed by atoms with van der Waals surface area (Å²) < 4.78 is 6.32. The molecule has 0 atom stereocenters. The number of aliphatic hydroxyl groups is 1. The summed E-state index contributed by atoms with van der Waals surface area (Å²) in [6, 6.07) is 42.8. The lowest BCUT2D eigenvalue weighted by molar-refractivity contribution is 0.0566. The number of amides is 2. The van der Waals surface area contributed by atoms with E-state index in [0.717, 1.165) is 53.3 Å². The summed E-state index contributed by atoms with van der Waals surface area (Å²) in [5.74, 6) is -0.332. The minimum atomic E-state index is -0.415. The Hall–Kier alpha value is -5.65. The molecule has 0 unspecified atom stereocenters. The number of nitrogens with one attached hydrogen (secondary N) is 3. The summed E-state index contributed by atoms with van der Waals surface area (Å²) in [7, 11) is 0. The first-order valence-corrected chi connectivity index (χ1v) is 19.0. The number of ketones is 1. The maximum atomic E-state index is 14.4. The molecule has 0 radical (unpaired) electrons. The molecule has 1 saturated heterocycles. The average molecular weight is 740 g/mol. The monoisotopic (exact) mass is 739 g/mol. The van der Waals surface area contributed by atoms with Crippen LogP contribution in [0.3, 0.4) is 0 Å². The van der Waals surface area contributed by atoms with Gasteiger partial charge >= 0.3 is 6.09 Å². The van der Waals surface area contributed by atoms with Crippen molar-refractivity contribution < 1.29 is 24.2 Å². The summed E-state index contributed by atoms with van der Waals surface area (Å²) in [6.45, 7) is 4.54. The highest BCUT2D eigenvalue weighted by Gasteiger charge is 2.29. The van der Waals surface area contributed by atoms with Crippen LogP contribution in [-0.2, 0) is 4.74 Å². The van der Waals surface area contributed by atoms with Crippen LogP contribution in [0.5, 0.6) is 0 Å². The Morgan fingerprint density at radius 1 is 0.655 bits per heavy atom. The highest BCUT2D eigenvalue weighted by atomic mass is 16.6. The normalized spacial score (nSPS) is 13.3. The Balaban J connectivity index is 1.04. The van der Waals surface area contributed by atoms with E-state index in [0.29, 0.717) is 50.1 Å². The SMILES string of the molecule is O=C(CNCCN1CCC(OC(=O)N(c2ccccc2-c2ccccc2)c2ccccc2-c2ccccc2)CC1)c1cccc(C(=O)NCCNCCO)c1. The first kappa shape index (κ1) is 39.1. The maximum Gasteiger partial charge on any atom is 0.419 e. The van der Waals surface area contributed by atoms with Crippen molar-refractivity contribution in [3.05, 3.63) is 145 Å². The number of rotatable bonds is 17. The summed E-state index contributed by atoms with van der Waals surface area (Å²) in [6.07, 6.45) is 0.744. The molecule has 0 saturated carbocycles. The standard InChI is InChI=1S/C45H49N5O5/c51-31-27-46-24-25-48-44(53)37-17-11-16-36(32-37)43(52)33-47-26-30-49-28-22-38(23-29-49)55-45(54)50(41-20-9-7-18-39(41)34-12-3-1-4-13-34)42-21-10-8-19-40(42)35-14-5-2-6-15-35/h1-21,32,38,46-47,51H,22-31,33H2,(H,48,53). The zero-order chi connectivity index (χ0) is 38.2. The maximum absolute atomic E-state index is 14.4. The molecule has 1 heterocycles. The van der Waals surface area contributed by atoms with Crippen LogP contribution in [-0.4, -0.2) is 92.9 Å². The number of aliphatic hydroxyl groups excluding tert-OH is 1. The van der Waals surface area contributed by atoms with Gasteiger partial charge in [-0.3, -0.25) is 9.59 Å². The Morgan fingerprint density at radius 2 is 1.24 bits per heavy atom. The molecule has 284 valence electrons. The third-order valence-electron chi connectivity index (χ3n) is 9.66. The van der Waals surface area contributed by atoms with Crippen LogP contribution in [0.2, 0.25) is 0 Å². The van der Waals surface area contributed by atoms with Gasteiger partial charge in [0.1, 0.15) is 6.10 Å². The van der Waals surface area contributed by atoms with Crippen LogP contribution in [0.25, 0.3) is 22.3 Å². The zero-order valence-electron chi connectivity index (χ0n) is 31.0. The van der Waals surface area contributed by atoms with Gasteiger partial charge < -0.3 is 30.7 Å². The van der Waals surface area contributed by atoms with E-state index in [9.17, 15) is 14.4 Å². The largest absolute Gasteiger partial charge is 0.445 e. The van der Waals surface area contributed by atoms with Crippen molar-refractivity contribution >= 4 is 29.2 Å². The lowest BCUT2D eigenvalue weighted by Crippen LogP contribution is -2.42. The molecule has 1 fully saturated rings. The topological polar surface area (TPSA) is 123 Å². The lowest BCUT2D eigenvalue weighted by Gasteiger charge is -2.34. The molecular weight excluding hydrogens is 691 g/mol. The van der Waals surface area contributed by atoms with Crippen molar-refractivity contribution in [3.8, 4) is 22.3 Å². The molecule has 5 aromatic carbocycles. The number of anilines is 2. The fourth-order valence-corrected chi connectivity index (χ4v) is 6.78. The van der Waals surface area contributed by atoms with Gasteiger partial charge in [0.25, 0.3) is 5.91 Å². The predicted octanol–water partition coefficient (Wildman–Crippen LogP) is 6.54. The predicted molar refractivity (Wildman–Crippen MR) is 218 cm³/mol. The molecule has 10 heteroatoms. The van der Waals surface area contributed by atoms with Crippen molar-refractivity contribution in [2.45, 2.75) is 18.9 Å². The van der Waals surface area contributed by atoms with Crippen molar-refractivity contribution in [2.24, 2.45) is 0 Å². The van der Waals surface area contributed by atoms with Crippen molar-refractivity contribution in [1.29, 1.82) is 0 Å². The second-order valence-electron chi connectivity index (χ2n) is 13.4. The summed E-state index contributed by atoms with van der Waals surface area (Å²) in [5.41, 5.74) is 6.28. The highest BCUT2D eigenvalue weighted by Crippen LogP contribution is 2.40. The number of benzene rings is 5. The average Bonchev–Trinajstić information content (AvgIpc) is 3.24. The quantitative estimate of drug-likeness (QED) is 0.0627. The summed E-state index contributed by atoms with van der Waals surface area (Å²) in [4.78, 5) is 43.9. The molecule has 4 N–H and O–H groups in total. The molecule has 2 amide bonds. The minimum Gasteiger partial charge on any atom is -0.445 e. The fourth-order valence-electron chi connectivity index (χ4n) is 6.78. The van der Waals surface area contributed by atoms with Gasteiger partial charge in [0.15, 0.2) is 5.78 Å². The number of para-hydroxylation sites is 2. The Morgan fingerprint density at radius 3 is 1.85 bits per heavy atom. The first-order valence-electron chi connectivity index (χ1n) is 19.0. The molecule has 0 bridgehead atoms. The number of ether oxygens (including phenoxy) is 1. The van der Waals surface area contributed by atoms with E-state index >= 15 is 0 Å². The molecule has 6 rings (SSSR count). The number of piperidine rings is 1. The zero-order valence-corrected chi connectivity index (χ0v) is 31.0. The fraction of sp³-hybridized carbons (Fsp3) is 0.267. The number of hydrogen-bond donors (Lipinski definition) is 4. The molecule has 0 spiro atoms.